The first kappa shape index (κ1) is 20.2. The molecule has 1 aromatic heterocycles. The van der Waals surface area contributed by atoms with Crippen molar-refractivity contribution < 1.29 is 13.2 Å². The summed E-state index contributed by atoms with van der Waals surface area (Å²) in [4.78, 5) is 25.3. The molecule has 1 amide bonds. The van der Waals surface area contributed by atoms with Gasteiger partial charge in [0, 0.05) is 49.9 Å². The Balaban J connectivity index is 1.35. The predicted molar refractivity (Wildman–Crippen MR) is 112 cm³/mol. The van der Waals surface area contributed by atoms with Crippen LogP contribution in [0.4, 0.5) is 5.82 Å². The Hall–Kier alpha value is -2.04. The Morgan fingerprint density at radius 1 is 1.03 bits per heavy atom. The Morgan fingerprint density at radius 2 is 1.76 bits per heavy atom. The molecule has 154 valence electrons. The minimum absolute atomic E-state index is 0.0837. The SMILES string of the molecule is O=C(C1CCN(c2ccncn2)C1)N1CCN(S(=O)(=O)c2ccc(Br)cc2)CC1. The molecule has 1 aromatic carbocycles. The van der Waals surface area contributed by atoms with Gasteiger partial charge in [0.15, 0.2) is 0 Å². The summed E-state index contributed by atoms with van der Waals surface area (Å²) in [5, 5.41) is 0. The Kier molecular flexibility index (Phi) is 5.84. The Morgan fingerprint density at radius 3 is 2.41 bits per heavy atom. The van der Waals surface area contributed by atoms with Crippen molar-refractivity contribution in [2.75, 3.05) is 44.2 Å². The van der Waals surface area contributed by atoms with Gasteiger partial charge >= 0.3 is 0 Å². The molecule has 4 rings (SSSR count). The molecule has 2 aliphatic rings. The van der Waals surface area contributed by atoms with Gasteiger partial charge in [-0.15, -0.1) is 0 Å². The van der Waals surface area contributed by atoms with Crippen LogP contribution in [-0.4, -0.2) is 72.8 Å². The predicted octanol–water partition coefficient (Wildman–Crippen LogP) is 1.60. The zero-order chi connectivity index (χ0) is 20.4. The third kappa shape index (κ3) is 4.29. The number of hydrogen-bond donors (Lipinski definition) is 0. The van der Waals surface area contributed by atoms with Gasteiger partial charge in [0.05, 0.1) is 10.8 Å². The number of carbonyl (C=O) groups is 1. The highest BCUT2D eigenvalue weighted by Crippen LogP contribution is 2.25. The van der Waals surface area contributed by atoms with Crippen molar-refractivity contribution in [1.29, 1.82) is 0 Å². The number of carbonyl (C=O) groups excluding carboxylic acids is 1. The summed E-state index contributed by atoms with van der Waals surface area (Å²) < 4.78 is 27.9. The number of rotatable bonds is 4. The maximum atomic E-state index is 12.9. The molecule has 0 radical (unpaired) electrons. The summed E-state index contributed by atoms with van der Waals surface area (Å²) in [5.74, 6) is 0.850. The molecule has 1 atom stereocenters. The monoisotopic (exact) mass is 479 g/mol. The molecule has 3 heterocycles. The van der Waals surface area contributed by atoms with E-state index in [1.54, 1.807) is 35.4 Å². The molecule has 29 heavy (non-hydrogen) atoms. The number of amides is 1. The van der Waals surface area contributed by atoms with E-state index >= 15 is 0 Å². The molecule has 1 unspecified atom stereocenters. The molecule has 0 N–H and O–H groups in total. The fraction of sp³-hybridized carbons (Fsp3) is 0.421. The normalized spacial score (nSPS) is 20.8. The molecule has 2 fully saturated rings. The van der Waals surface area contributed by atoms with E-state index in [0.29, 0.717) is 32.7 Å². The molecule has 10 heteroatoms. The first-order chi connectivity index (χ1) is 13.9. The number of halogens is 1. The lowest BCUT2D eigenvalue weighted by atomic mass is 10.1. The number of piperazine rings is 1. The van der Waals surface area contributed by atoms with Crippen molar-refractivity contribution in [2.24, 2.45) is 5.92 Å². The molecular formula is C19H22BrN5O3S. The minimum Gasteiger partial charge on any atom is -0.356 e. The molecular weight excluding hydrogens is 458 g/mol. The lowest BCUT2D eigenvalue weighted by molar-refractivity contribution is -0.136. The van der Waals surface area contributed by atoms with Crippen molar-refractivity contribution in [2.45, 2.75) is 11.3 Å². The van der Waals surface area contributed by atoms with Crippen LogP contribution in [0.25, 0.3) is 0 Å². The van der Waals surface area contributed by atoms with Gasteiger partial charge in [0.25, 0.3) is 0 Å². The molecule has 0 saturated carbocycles. The first-order valence-corrected chi connectivity index (χ1v) is 11.7. The number of hydrogen-bond acceptors (Lipinski definition) is 6. The van der Waals surface area contributed by atoms with E-state index in [-0.39, 0.29) is 16.7 Å². The highest BCUT2D eigenvalue weighted by molar-refractivity contribution is 9.10. The quantitative estimate of drug-likeness (QED) is 0.661. The van der Waals surface area contributed by atoms with Crippen molar-refractivity contribution >= 4 is 37.7 Å². The van der Waals surface area contributed by atoms with Crippen LogP contribution in [0.15, 0.2) is 52.2 Å². The number of aromatic nitrogens is 2. The van der Waals surface area contributed by atoms with Crippen LogP contribution in [0.1, 0.15) is 6.42 Å². The first-order valence-electron chi connectivity index (χ1n) is 9.50. The Labute approximate surface area is 178 Å². The zero-order valence-corrected chi connectivity index (χ0v) is 18.2. The molecule has 2 aliphatic heterocycles. The largest absolute Gasteiger partial charge is 0.356 e. The average Bonchev–Trinajstić information content (AvgIpc) is 3.24. The van der Waals surface area contributed by atoms with Crippen LogP contribution >= 0.6 is 15.9 Å². The summed E-state index contributed by atoms with van der Waals surface area (Å²) >= 11 is 3.32. The summed E-state index contributed by atoms with van der Waals surface area (Å²) in [6.45, 7) is 2.87. The topological polar surface area (TPSA) is 86.7 Å². The summed E-state index contributed by atoms with van der Waals surface area (Å²) in [6.07, 6.45) is 3.98. The molecule has 0 spiro atoms. The summed E-state index contributed by atoms with van der Waals surface area (Å²) in [7, 11) is -3.54. The van der Waals surface area contributed by atoms with Crippen LogP contribution in [0.5, 0.6) is 0 Å². The van der Waals surface area contributed by atoms with Crippen LogP contribution in [-0.2, 0) is 14.8 Å². The standard InChI is InChI=1S/C19H22BrN5O3S/c20-16-1-3-17(4-2-16)29(27,28)25-11-9-23(10-12-25)19(26)15-6-8-24(13-15)18-5-7-21-14-22-18/h1-5,7,14-15H,6,8-13H2. The lowest BCUT2D eigenvalue weighted by Crippen LogP contribution is -2.52. The summed E-state index contributed by atoms with van der Waals surface area (Å²) in [5.41, 5.74) is 0. The minimum atomic E-state index is -3.54. The Bertz CT molecular complexity index is 963. The fourth-order valence-electron chi connectivity index (χ4n) is 3.80. The number of sulfonamides is 1. The maximum Gasteiger partial charge on any atom is 0.243 e. The van der Waals surface area contributed by atoms with Gasteiger partial charge in [-0.2, -0.15) is 4.31 Å². The van der Waals surface area contributed by atoms with E-state index in [1.165, 1.54) is 10.6 Å². The second-order valence-electron chi connectivity index (χ2n) is 7.18. The van der Waals surface area contributed by atoms with Crippen molar-refractivity contribution in [3.8, 4) is 0 Å². The van der Waals surface area contributed by atoms with Crippen molar-refractivity contribution in [3.05, 3.63) is 47.3 Å². The highest BCUT2D eigenvalue weighted by Gasteiger charge is 2.35. The highest BCUT2D eigenvalue weighted by atomic mass is 79.9. The third-order valence-corrected chi connectivity index (χ3v) is 7.87. The smallest absolute Gasteiger partial charge is 0.243 e. The average molecular weight is 480 g/mol. The lowest BCUT2D eigenvalue weighted by Gasteiger charge is -2.35. The molecule has 0 aliphatic carbocycles. The second kappa shape index (κ2) is 8.37. The van der Waals surface area contributed by atoms with Gasteiger partial charge in [0.1, 0.15) is 12.1 Å². The van der Waals surface area contributed by atoms with E-state index in [0.717, 1.165) is 23.3 Å². The van der Waals surface area contributed by atoms with Gasteiger partial charge in [0.2, 0.25) is 15.9 Å². The number of benzene rings is 1. The van der Waals surface area contributed by atoms with Crippen LogP contribution < -0.4 is 4.90 Å². The molecule has 2 saturated heterocycles. The van der Waals surface area contributed by atoms with Crippen LogP contribution in [0, 0.1) is 5.92 Å². The number of nitrogens with zero attached hydrogens (tertiary/aromatic N) is 5. The third-order valence-electron chi connectivity index (χ3n) is 5.43. The van der Waals surface area contributed by atoms with E-state index in [1.807, 2.05) is 6.07 Å². The number of anilines is 1. The maximum absolute atomic E-state index is 12.9. The molecule has 0 bridgehead atoms. The summed E-state index contributed by atoms with van der Waals surface area (Å²) in [6, 6.07) is 8.47. The van der Waals surface area contributed by atoms with E-state index < -0.39 is 10.0 Å². The van der Waals surface area contributed by atoms with Gasteiger partial charge in [-0.1, -0.05) is 15.9 Å². The molecule has 2 aromatic rings. The van der Waals surface area contributed by atoms with Crippen molar-refractivity contribution in [3.63, 3.8) is 0 Å². The zero-order valence-electron chi connectivity index (χ0n) is 15.8. The van der Waals surface area contributed by atoms with Gasteiger partial charge in [-0.25, -0.2) is 18.4 Å². The molecule has 8 nitrogen and oxygen atoms in total. The van der Waals surface area contributed by atoms with Gasteiger partial charge in [-0.3, -0.25) is 4.79 Å². The van der Waals surface area contributed by atoms with Crippen molar-refractivity contribution in [1.82, 2.24) is 19.2 Å². The van der Waals surface area contributed by atoms with Crippen LogP contribution in [0.2, 0.25) is 0 Å². The van der Waals surface area contributed by atoms with E-state index in [2.05, 4.69) is 30.8 Å². The van der Waals surface area contributed by atoms with E-state index in [4.69, 9.17) is 0 Å². The second-order valence-corrected chi connectivity index (χ2v) is 10.0. The van der Waals surface area contributed by atoms with Crippen LogP contribution in [0.3, 0.4) is 0 Å². The van der Waals surface area contributed by atoms with Gasteiger partial charge in [-0.05, 0) is 36.8 Å². The van der Waals surface area contributed by atoms with Gasteiger partial charge < -0.3 is 9.80 Å². The van der Waals surface area contributed by atoms with E-state index in [9.17, 15) is 13.2 Å². The fourth-order valence-corrected chi connectivity index (χ4v) is 5.49.